The Labute approximate surface area is 113 Å². The summed E-state index contributed by atoms with van der Waals surface area (Å²) < 4.78 is 0. The van der Waals surface area contributed by atoms with Crippen LogP contribution in [-0.2, 0) is 4.79 Å². The summed E-state index contributed by atoms with van der Waals surface area (Å²) in [6.07, 6.45) is 0. The molecule has 19 heavy (non-hydrogen) atoms. The molecule has 5 N–H and O–H groups in total. The van der Waals surface area contributed by atoms with E-state index < -0.39 is 23.9 Å². The Hall–Kier alpha value is -2.28. The van der Waals surface area contributed by atoms with Gasteiger partial charge in [0.15, 0.2) is 0 Å². The third-order valence-corrected chi connectivity index (χ3v) is 2.40. The fraction of sp³-hybridized carbons (Fsp3) is 0.182. The molecule has 1 atom stereocenters. The van der Waals surface area contributed by atoms with Crippen LogP contribution >= 0.6 is 11.6 Å². The van der Waals surface area contributed by atoms with Crippen LogP contribution in [-0.4, -0.2) is 29.1 Å². The lowest BCUT2D eigenvalue weighted by Crippen LogP contribution is -2.44. The molecule has 0 fully saturated rings. The van der Waals surface area contributed by atoms with Crippen molar-refractivity contribution in [3.8, 4) is 0 Å². The van der Waals surface area contributed by atoms with E-state index >= 15 is 0 Å². The number of nitrogens with one attached hydrogen (secondary N) is 2. The maximum Gasteiger partial charge on any atom is 0.335 e. The largest absolute Gasteiger partial charge is 0.478 e. The molecule has 0 bridgehead atoms. The molecule has 0 aliphatic rings. The number of carbonyl (C=O) groups excluding carboxylic acids is 2. The van der Waals surface area contributed by atoms with Crippen LogP contribution in [0.25, 0.3) is 0 Å². The smallest absolute Gasteiger partial charge is 0.335 e. The van der Waals surface area contributed by atoms with Crippen LogP contribution in [0.15, 0.2) is 18.2 Å². The molecule has 3 amide bonds. The molecule has 0 radical (unpaired) electrons. The predicted molar refractivity (Wildman–Crippen MR) is 69.2 cm³/mol. The summed E-state index contributed by atoms with van der Waals surface area (Å²) in [5.74, 6) is -1.86. The lowest BCUT2D eigenvalue weighted by molar-refractivity contribution is -0.119. The average molecular weight is 286 g/mol. The Bertz CT molecular complexity index is 533. The number of aromatic carboxylic acids is 1. The fourth-order valence-corrected chi connectivity index (χ4v) is 1.46. The van der Waals surface area contributed by atoms with Crippen LogP contribution in [0, 0.1) is 0 Å². The number of carboxylic acids is 1. The lowest BCUT2D eigenvalue weighted by Gasteiger charge is -2.12. The molecule has 1 unspecified atom stereocenters. The zero-order valence-corrected chi connectivity index (χ0v) is 10.7. The first-order valence-electron chi connectivity index (χ1n) is 5.20. The third kappa shape index (κ3) is 4.47. The monoisotopic (exact) mass is 285 g/mol. The van der Waals surface area contributed by atoms with Gasteiger partial charge in [0.25, 0.3) is 0 Å². The highest BCUT2D eigenvalue weighted by Crippen LogP contribution is 2.19. The molecule has 1 aromatic rings. The van der Waals surface area contributed by atoms with E-state index in [1.807, 2.05) is 0 Å². The standard InChI is InChI=1S/C11H12ClN3O4/c1-5(9(13)16)14-11(19)15-8-3-6(10(17)18)2-7(12)4-8/h2-5H,1H3,(H2,13,16)(H,17,18)(H2,14,15,19). The lowest BCUT2D eigenvalue weighted by atomic mass is 10.2. The van der Waals surface area contributed by atoms with E-state index in [4.69, 9.17) is 22.4 Å². The van der Waals surface area contributed by atoms with Crippen molar-refractivity contribution in [2.45, 2.75) is 13.0 Å². The van der Waals surface area contributed by atoms with Gasteiger partial charge in [0.05, 0.1) is 5.56 Å². The molecule has 0 aliphatic carbocycles. The molecule has 0 saturated carbocycles. The maximum atomic E-state index is 11.5. The Balaban J connectivity index is 2.79. The van der Waals surface area contributed by atoms with Gasteiger partial charge < -0.3 is 21.5 Å². The molecule has 0 spiro atoms. The van der Waals surface area contributed by atoms with Gasteiger partial charge in [-0.3, -0.25) is 4.79 Å². The molecule has 1 aromatic carbocycles. The second-order valence-electron chi connectivity index (χ2n) is 3.76. The van der Waals surface area contributed by atoms with Crippen molar-refractivity contribution in [3.63, 3.8) is 0 Å². The van der Waals surface area contributed by atoms with Crippen LogP contribution in [0.2, 0.25) is 5.02 Å². The SMILES string of the molecule is CC(NC(=O)Nc1cc(Cl)cc(C(=O)O)c1)C(N)=O. The minimum absolute atomic E-state index is 0.0641. The highest BCUT2D eigenvalue weighted by molar-refractivity contribution is 6.31. The van der Waals surface area contributed by atoms with E-state index in [0.29, 0.717) is 0 Å². The number of primary amides is 1. The number of urea groups is 1. The quantitative estimate of drug-likeness (QED) is 0.660. The average Bonchev–Trinajstić information content (AvgIpc) is 2.27. The first kappa shape index (κ1) is 14.8. The second kappa shape index (κ2) is 6.05. The highest BCUT2D eigenvalue weighted by atomic mass is 35.5. The van der Waals surface area contributed by atoms with E-state index in [0.717, 1.165) is 0 Å². The number of hydrogen-bond donors (Lipinski definition) is 4. The summed E-state index contributed by atoms with van der Waals surface area (Å²) >= 11 is 5.72. The summed E-state index contributed by atoms with van der Waals surface area (Å²) in [7, 11) is 0. The van der Waals surface area contributed by atoms with Gasteiger partial charge >= 0.3 is 12.0 Å². The number of amides is 3. The van der Waals surface area contributed by atoms with Crippen LogP contribution in [0.1, 0.15) is 17.3 Å². The number of carboxylic acid groups (broad SMARTS) is 1. The molecular formula is C11H12ClN3O4. The molecule has 1 rings (SSSR count). The number of carbonyl (C=O) groups is 3. The van der Waals surface area contributed by atoms with Crippen molar-refractivity contribution >= 4 is 35.2 Å². The summed E-state index contributed by atoms with van der Waals surface area (Å²) in [5, 5.41) is 13.6. The first-order chi connectivity index (χ1) is 8.79. The normalized spacial score (nSPS) is 11.5. The van der Waals surface area contributed by atoms with Gasteiger partial charge in [-0.15, -0.1) is 0 Å². The number of nitrogens with two attached hydrogens (primary N) is 1. The van der Waals surface area contributed by atoms with Crippen molar-refractivity contribution in [3.05, 3.63) is 28.8 Å². The number of hydrogen-bond acceptors (Lipinski definition) is 3. The Morgan fingerprint density at radius 1 is 1.32 bits per heavy atom. The zero-order valence-electron chi connectivity index (χ0n) is 9.94. The number of halogens is 1. The predicted octanol–water partition coefficient (Wildman–Crippen LogP) is 1.03. The van der Waals surface area contributed by atoms with Crippen LogP contribution in [0.3, 0.4) is 0 Å². The van der Waals surface area contributed by atoms with Crippen LogP contribution in [0.4, 0.5) is 10.5 Å². The zero-order chi connectivity index (χ0) is 14.6. The molecule has 7 nitrogen and oxygen atoms in total. The van der Waals surface area contributed by atoms with Crippen molar-refractivity contribution in [2.75, 3.05) is 5.32 Å². The van der Waals surface area contributed by atoms with E-state index in [2.05, 4.69) is 10.6 Å². The summed E-state index contributed by atoms with van der Waals surface area (Å²) in [6, 6.07) is 2.33. The number of rotatable bonds is 4. The minimum atomic E-state index is -1.17. The van der Waals surface area contributed by atoms with Crippen molar-refractivity contribution < 1.29 is 19.5 Å². The molecule has 0 saturated heterocycles. The van der Waals surface area contributed by atoms with Gasteiger partial charge in [-0.05, 0) is 25.1 Å². The Morgan fingerprint density at radius 3 is 2.47 bits per heavy atom. The summed E-state index contributed by atoms with van der Waals surface area (Å²) in [5.41, 5.74) is 5.11. The van der Waals surface area contributed by atoms with Gasteiger partial charge in [0, 0.05) is 10.7 Å². The van der Waals surface area contributed by atoms with Gasteiger partial charge in [0.1, 0.15) is 6.04 Å². The minimum Gasteiger partial charge on any atom is -0.478 e. The third-order valence-electron chi connectivity index (χ3n) is 2.18. The van der Waals surface area contributed by atoms with Crippen LogP contribution in [0.5, 0.6) is 0 Å². The van der Waals surface area contributed by atoms with E-state index in [9.17, 15) is 14.4 Å². The fourth-order valence-electron chi connectivity index (χ4n) is 1.22. The van der Waals surface area contributed by atoms with Gasteiger partial charge in [-0.1, -0.05) is 11.6 Å². The maximum absolute atomic E-state index is 11.5. The number of anilines is 1. The molecule has 8 heteroatoms. The van der Waals surface area contributed by atoms with Crippen molar-refractivity contribution in [1.82, 2.24) is 5.32 Å². The number of benzene rings is 1. The van der Waals surface area contributed by atoms with Crippen molar-refractivity contribution in [1.29, 1.82) is 0 Å². The van der Waals surface area contributed by atoms with Gasteiger partial charge in [0.2, 0.25) is 5.91 Å². The molecular weight excluding hydrogens is 274 g/mol. The van der Waals surface area contributed by atoms with Gasteiger partial charge in [-0.2, -0.15) is 0 Å². The summed E-state index contributed by atoms with van der Waals surface area (Å²) in [6.45, 7) is 1.42. The van der Waals surface area contributed by atoms with Crippen molar-refractivity contribution in [2.24, 2.45) is 5.73 Å². The van der Waals surface area contributed by atoms with Crippen LogP contribution < -0.4 is 16.4 Å². The molecule has 0 aromatic heterocycles. The topological polar surface area (TPSA) is 122 Å². The van der Waals surface area contributed by atoms with E-state index in [1.54, 1.807) is 0 Å². The molecule has 102 valence electrons. The van der Waals surface area contributed by atoms with E-state index in [1.165, 1.54) is 25.1 Å². The van der Waals surface area contributed by atoms with Gasteiger partial charge in [-0.25, -0.2) is 9.59 Å². The summed E-state index contributed by atoms with van der Waals surface area (Å²) in [4.78, 5) is 33.1. The molecule has 0 heterocycles. The Kier molecular flexibility index (Phi) is 4.71. The first-order valence-corrected chi connectivity index (χ1v) is 5.58. The second-order valence-corrected chi connectivity index (χ2v) is 4.19. The van der Waals surface area contributed by atoms with E-state index in [-0.39, 0.29) is 16.3 Å². The molecule has 0 aliphatic heterocycles. The highest BCUT2D eigenvalue weighted by Gasteiger charge is 2.13. The Morgan fingerprint density at radius 2 is 1.95 bits per heavy atom.